The molecule has 1 amide bonds. The van der Waals surface area contributed by atoms with Gasteiger partial charge in [0.15, 0.2) is 5.82 Å². The lowest BCUT2D eigenvalue weighted by Gasteiger charge is -2.18. The second-order valence-corrected chi connectivity index (χ2v) is 9.98. The van der Waals surface area contributed by atoms with Crippen LogP contribution in [-0.4, -0.2) is 75.8 Å². The van der Waals surface area contributed by atoms with Crippen LogP contribution in [0.25, 0.3) is 17.1 Å². The maximum atomic E-state index is 12.8. The zero-order valence-electron chi connectivity index (χ0n) is 20.3. The molecule has 0 aliphatic rings. The Morgan fingerprint density at radius 3 is 2.31 bits per heavy atom. The van der Waals surface area contributed by atoms with Crippen molar-refractivity contribution < 1.29 is 33.3 Å². The summed E-state index contributed by atoms with van der Waals surface area (Å²) >= 11 is 0. The molecule has 13 heteroatoms. The van der Waals surface area contributed by atoms with Crippen LogP contribution in [0.5, 0.6) is 11.5 Å². The van der Waals surface area contributed by atoms with E-state index in [-0.39, 0.29) is 28.2 Å². The van der Waals surface area contributed by atoms with Gasteiger partial charge in [-0.3, -0.25) is 9.36 Å². The van der Waals surface area contributed by atoms with Crippen LogP contribution in [0.1, 0.15) is 42.9 Å². The van der Waals surface area contributed by atoms with E-state index in [2.05, 4.69) is 15.5 Å². The van der Waals surface area contributed by atoms with Gasteiger partial charge in [0.1, 0.15) is 25.0 Å². The van der Waals surface area contributed by atoms with Gasteiger partial charge in [-0.25, -0.2) is 8.42 Å². The molecule has 0 bridgehead atoms. The van der Waals surface area contributed by atoms with Crippen molar-refractivity contribution in [2.75, 3.05) is 27.1 Å². The predicted molar refractivity (Wildman–Crippen MR) is 130 cm³/mol. The quantitative estimate of drug-likeness (QED) is 0.290. The summed E-state index contributed by atoms with van der Waals surface area (Å²) in [5.41, 5.74) is 1.44. The Kier molecular flexibility index (Phi) is 8.30. The second kappa shape index (κ2) is 11.0. The lowest BCUT2D eigenvalue weighted by Crippen LogP contribution is -2.32. The topological polar surface area (TPSA) is 167 Å². The molecule has 0 saturated carbocycles. The number of aromatic nitrogens is 3. The molecule has 0 saturated heterocycles. The van der Waals surface area contributed by atoms with E-state index in [0.717, 1.165) is 5.56 Å². The number of carbonyl (C=O) groups is 1. The number of amides is 1. The van der Waals surface area contributed by atoms with Gasteiger partial charge < -0.3 is 25.4 Å². The smallest absolute Gasteiger partial charge is 0.289 e. The minimum Gasteiger partial charge on any atom is -0.507 e. The molecule has 12 nitrogen and oxygen atoms in total. The van der Waals surface area contributed by atoms with Crippen LogP contribution in [0.2, 0.25) is 0 Å². The summed E-state index contributed by atoms with van der Waals surface area (Å²) in [6.45, 7) is 4.22. The van der Waals surface area contributed by atoms with E-state index in [1.54, 1.807) is 13.0 Å². The zero-order valence-corrected chi connectivity index (χ0v) is 21.2. The summed E-state index contributed by atoms with van der Waals surface area (Å²) in [6.07, 6.45) is 0. The first-order valence-electron chi connectivity index (χ1n) is 11.1. The number of aliphatic hydroxyl groups is 2. The molecule has 2 aromatic carbocycles. The van der Waals surface area contributed by atoms with Crippen LogP contribution in [0.3, 0.4) is 0 Å². The van der Waals surface area contributed by atoms with E-state index in [9.17, 15) is 28.5 Å². The third kappa shape index (κ3) is 5.04. The zero-order chi connectivity index (χ0) is 26.6. The average Bonchev–Trinajstić information content (AvgIpc) is 3.29. The second-order valence-electron chi connectivity index (χ2n) is 8.04. The van der Waals surface area contributed by atoms with Gasteiger partial charge in [-0.2, -0.15) is 0 Å². The van der Waals surface area contributed by atoms with Crippen LogP contribution < -0.4 is 10.1 Å². The maximum Gasteiger partial charge on any atom is 0.289 e. The Labute approximate surface area is 208 Å². The summed E-state index contributed by atoms with van der Waals surface area (Å²) in [5.74, 6) is -0.0422. The number of benzene rings is 2. The molecule has 3 rings (SSSR count). The highest BCUT2D eigenvalue weighted by Crippen LogP contribution is 2.38. The molecule has 3 aromatic rings. The number of sulfonamides is 1. The Balaban J connectivity index is 2.22. The molecule has 194 valence electrons. The van der Waals surface area contributed by atoms with E-state index >= 15 is 0 Å². The first-order chi connectivity index (χ1) is 17.1. The maximum absolute atomic E-state index is 12.8. The van der Waals surface area contributed by atoms with Crippen LogP contribution >= 0.6 is 0 Å². The normalized spacial score (nSPS) is 11.8. The standard InChI is InChI=1S/C23H29N5O7S/c1-5-24-23(32)22-26-25-21(18-10-17(14(2)3)20(35-4)11-19(18)31)28(22)15-6-8-16(9-7-15)36(33,34)27(12-29)13-30/h6-11,14,29-31H,5,12-13H2,1-4H3,(H,24,32). The highest BCUT2D eigenvalue weighted by Gasteiger charge is 2.26. The van der Waals surface area contributed by atoms with E-state index in [1.807, 2.05) is 13.8 Å². The fourth-order valence-corrected chi connectivity index (χ4v) is 4.68. The van der Waals surface area contributed by atoms with Crippen molar-refractivity contribution >= 4 is 15.9 Å². The van der Waals surface area contributed by atoms with E-state index in [0.29, 0.717) is 27.9 Å². The van der Waals surface area contributed by atoms with Gasteiger partial charge >= 0.3 is 0 Å². The Morgan fingerprint density at radius 1 is 1.14 bits per heavy atom. The van der Waals surface area contributed by atoms with Gasteiger partial charge in [-0.05, 0) is 48.7 Å². The van der Waals surface area contributed by atoms with E-state index in [4.69, 9.17) is 4.74 Å². The number of hydrogen-bond donors (Lipinski definition) is 4. The number of aliphatic hydroxyl groups excluding tert-OH is 2. The largest absolute Gasteiger partial charge is 0.507 e. The van der Waals surface area contributed by atoms with Crippen molar-refractivity contribution in [2.45, 2.75) is 31.6 Å². The molecule has 0 unspecified atom stereocenters. The molecular weight excluding hydrogens is 490 g/mol. The van der Waals surface area contributed by atoms with Crippen LogP contribution in [0.15, 0.2) is 41.3 Å². The minimum atomic E-state index is -4.15. The summed E-state index contributed by atoms with van der Waals surface area (Å²) in [4.78, 5) is 12.6. The summed E-state index contributed by atoms with van der Waals surface area (Å²) in [6, 6.07) is 8.56. The highest BCUT2D eigenvalue weighted by molar-refractivity contribution is 7.89. The first-order valence-corrected chi connectivity index (χ1v) is 12.5. The fourth-order valence-electron chi connectivity index (χ4n) is 3.60. The van der Waals surface area contributed by atoms with Crippen LogP contribution in [0.4, 0.5) is 0 Å². The number of aromatic hydroxyl groups is 1. The number of nitrogens with zero attached hydrogens (tertiary/aromatic N) is 4. The average molecular weight is 520 g/mol. The van der Waals surface area contributed by atoms with Crippen molar-refractivity contribution in [3.05, 3.63) is 47.8 Å². The van der Waals surface area contributed by atoms with Crippen molar-refractivity contribution in [1.82, 2.24) is 24.4 Å². The van der Waals surface area contributed by atoms with E-state index < -0.39 is 29.4 Å². The van der Waals surface area contributed by atoms with E-state index in [1.165, 1.54) is 42.0 Å². The molecule has 1 heterocycles. The molecular formula is C23H29N5O7S. The summed E-state index contributed by atoms with van der Waals surface area (Å²) in [7, 11) is -2.65. The Bertz CT molecular complexity index is 1330. The Morgan fingerprint density at radius 2 is 1.78 bits per heavy atom. The number of hydrogen-bond acceptors (Lipinski definition) is 9. The Hall–Kier alpha value is -3.52. The lowest BCUT2D eigenvalue weighted by molar-refractivity contribution is 0.0940. The van der Waals surface area contributed by atoms with Crippen molar-refractivity contribution in [3.63, 3.8) is 0 Å². The van der Waals surface area contributed by atoms with Crippen molar-refractivity contribution in [1.29, 1.82) is 0 Å². The monoisotopic (exact) mass is 519 g/mol. The van der Waals surface area contributed by atoms with Gasteiger partial charge in [0, 0.05) is 18.3 Å². The SMILES string of the molecule is CCNC(=O)c1nnc(-c2cc(C(C)C)c(OC)cc2O)n1-c1ccc(S(=O)(=O)N(CO)CO)cc1. The molecule has 0 atom stereocenters. The molecule has 4 N–H and O–H groups in total. The number of nitrogens with one attached hydrogen (secondary N) is 1. The highest BCUT2D eigenvalue weighted by atomic mass is 32.2. The molecule has 0 aliphatic heterocycles. The van der Waals surface area contributed by atoms with Gasteiger partial charge in [-0.1, -0.05) is 13.8 Å². The van der Waals surface area contributed by atoms with Crippen LogP contribution in [-0.2, 0) is 10.0 Å². The number of methoxy groups -OCH3 is 1. The molecule has 0 aliphatic carbocycles. The first kappa shape index (κ1) is 27.1. The number of phenols is 1. The lowest BCUT2D eigenvalue weighted by atomic mass is 9.98. The molecule has 36 heavy (non-hydrogen) atoms. The summed E-state index contributed by atoms with van der Waals surface area (Å²) < 4.78 is 32.5. The molecule has 1 aromatic heterocycles. The minimum absolute atomic E-state index is 0.0454. The van der Waals surface area contributed by atoms with Crippen LogP contribution in [0, 0.1) is 0 Å². The molecule has 0 spiro atoms. The number of phenolic OH excluding ortho intramolecular Hbond substituents is 1. The van der Waals surface area contributed by atoms with Crippen molar-refractivity contribution in [3.8, 4) is 28.6 Å². The molecule has 0 fully saturated rings. The van der Waals surface area contributed by atoms with Gasteiger partial charge in [0.25, 0.3) is 5.91 Å². The number of carbonyl (C=O) groups excluding carboxylic acids is 1. The fraction of sp³-hybridized carbons (Fsp3) is 0.348. The van der Waals surface area contributed by atoms with Gasteiger partial charge in [-0.15, -0.1) is 14.5 Å². The number of ether oxygens (including phenoxy) is 1. The number of rotatable bonds is 10. The summed E-state index contributed by atoms with van der Waals surface area (Å²) in [5, 5.41) is 40.1. The van der Waals surface area contributed by atoms with Gasteiger partial charge in [0.2, 0.25) is 15.8 Å². The third-order valence-electron chi connectivity index (χ3n) is 5.46. The predicted octanol–water partition coefficient (Wildman–Crippen LogP) is 1.41. The molecule has 0 radical (unpaired) electrons. The van der Waals surface area contributed by atoms with Gasteiger partial charge in [0.05, 0.1) is 17.6 Å². The third-order valence-corrected chi connectivity index (χ3v) is 7.24. The van der Waals surface area contributed by atoms with Crippen molar-refractivity contribution in [2.24, 2.45) is 0 Å².